The van der Waals surface area contributed by atoms with Crippen molar-refractivity contribution in [3.63, 3.8) is 0 Å². The first-order valence-electron chi connectivity index (χ1n) is 13.2. The molecular formula is C28H35N7O2. The average molecular weight is 502 g/mol. The van der Waals surface area contributed by atoms with Crippen molar-refractivity contribution in [1.82, 2.24) is 15.0 Å². The van der Waals surface area contributed by atoms with Crippen molar-refractivity contribution < 1.29 is 9.47 Å². The van der Waals surface area contributed by atoms with Gasteiger partial charge in [0.1, 0.15) is 6.61 Å². The number of ether oxygens (including phenoxy) is 2. The first-order chi connectivity index (χ1) is 18.3. The van der Waals surface area contributed by atoms with Gasteiger partial charge in [-0.05, 0) is 67.9 Å². The molecule has 2 fully saturated rings. The molecule has 2 aliphatic heterocycles. The number of nitrogens with one attached hydrogen (secondary N) is 1. The van der Waals surface area contributed by atoms with Crippen LogP contribution in [-0.2, 0) is 6.61 Å². The Labute approximate surface area is 218 Å². The van der Waals surface area contributed by atoms with Crippen LogP contribution in [-0.4, -0.2) is 54.5 Å². The normalized spacial score (nSPS) is 16.1. The Hall–Kier alpha value is -3.88. The molecule has 2 aromatic carbocycles. The Morgan fingerprint density at radius 2 is 1.46 bits per heavy atom. The van der Waals surface area contributed by atoms with Crippen LogP contribution in [0.4, 0.5) is 17.8 Å². The summed E-state index contributed by atoms with van der Waals surface area (Å²) in [5, 5.41) is 4.42. The molecule has 37 heavy (non-hydrogen) atoms. The summed E-state index contributed by atoms with van der Waals surface area (Å²) in [5.74, 6) is 3.26. The highest BCUT2D eigenvalue weighted by Gasteiger charge is 2.20. The molecule has 1 N–H and O–H groups in total. The third-order valence-electron chi connectivity index (χ3n) is 6.69. The molecule has 2 saturated heterocycles. The second-order valence-electron chi connectivity index (χ2n) is 9.41. The topological polar surface area (TPSA) is 88.0 Å². The van der Waals surface area contributed by atoms with Crippen LogP contribution in [0.5, 0.6) is 11.5 Å². The van der Waals surface area contributed by atoms with E-state index in [2.05, 4.69) is 20.3 Å². The van der Waals surface area contributed by atoms with Crippen LogP contribution in [0, 0.1) is 0 Å². The molecule has 1 aromatic heterocycles. The molecule has 194 valence electrons. The molecule has 0 saturated carbocycles. The Bertz CT molecular complexity index is 1140. The smallest absolute Gasteiger partial charge is 0.250 e. The van der Waals surface area contributed by atoms with Gasteiger partial charge in [-0.1, -0.05) is 30.3 Å². The van der Waals surface area contributed by atoms with Crippen molar-refractivity contribution in [3.05, 3.63) is 59.7 Å². The zero-order valence-corrected chi connectivity index (χ0v) is 21.5. The van der Waals surface area contributed by atoms with Gasteiger partial charge in [-0.15, -0.1) is 0 Å². The van der Waals surface area contributed by atoms with Crippen molar-refractivity contribution in [2.24, 2.45) is 5.10 Å². The van der Waals surface area contributed by atoms with E-state index in [1.807, 2.05) is 48.5 Å². The van der Waals surface area contributed by atoms with Crippen LogP contribution >= 0.6 is 0 Å². The lowest BCUT2D eigenvalue weighted by Crippen LogP contribution is -2.34. The maximum atomic E-state index is 5.96. The van der Waals surface area contributed by atoms with Gasteiger partial charge in [0.2, 0.25) is 17.8 Å². The van der Waals surface area contributed by atoms with Gasteiger partial charge in [0.15, 0.2) is 11.5 Å². The summed E-state index contributed by atoms with van der Waals surface area (Å²) in [6.45, 7) is 4.38. The van der Waals surface area contributed by atoms with Crippen molar-refractivity contribution in [1.29, 1.82) is 0 Å². The molecule has 5 rings (SSSR count). The van der Waals surface area contributed by atoms with Crippen molar-refractivity contribution in [3.8, 4) is 11.5 Å². The van der Waals surface area contributed by atoms with Crippen molar-refractivity contribution in [2.45, 2.75) is 45.1 Å². The van der Waals surface area contributed by atoms with Crippen LogP contribution in [0.15, 0.2) is 53.6 Å². The third-order valence-corrected chi connectivity index (χ3v) is 6.69. The minimum absolute atomic E-state index is 0.460. The van der Waals surface area contributed by atoms with E-state index in [4.69, 9.17) is 24.4 Å². The summed E-state index contributed by atoms with van der Waals surface area (Å²) in [6, 6.07) is 15.8. The molecule has 9 nitrogen and oxygen atoms in total. The highest BCUT2D eigenvalue weighted by atomic mass is 16.5. The molecule has 0 atom stereocenters. The quantitative estimate of drug-likeness (QED) is 0.328. The Kier molecular flexibility index (Phi) is 8.30. The van der Waals surface area contributed by atoms with Gasteiger partial charge in [-0.25, -0.2) is 5.43 Å². The van der Waals surface area contributed by atoms with E-state index in [-0.39, 0.29) is 0 Å². The first kappa shape index (κ1) is 24.8. The van der Waals surface area contributed by atoms with E-state index in [0.29, 0.717) is 24.1 Å². The molecule has 0 bridgehead atoms. The second kappa shape index (κ2) is 12.4. The average Bonchev–Trinajstić information content (AvgIpc) is 2.97. The minimum Gasteiger partial charge on any atom is -0.493 e. The summed E-state index contributed by atoms with van der Waals surface area (Å²) < 4.78 is 11.5. The summed E-state index contributed by atoms with van der Waals surface area (Å²) in [6.07, 6.45) is 8.91. The Morgan fingerprint density at radius 3 is 2.08 bits per heavy atom. The SMILES string of the molecule is COc1cc(/C=N/Nc2nc(N3CCCCC3)nc(N3CCCCC3)n2)ccc1OCc1ccccc1. The minimum atomic E-state index is 0.460. The summed E-state index contributed by atoms with van der Waals surface area (Å²) in [5.41, 5.74) is 5.01. The number of aromatic nitrogens is 3. The van der Waals surface area contributed by atoms with Crippen LogP contribution in [0.2, 0.25) is 0 Å². The maximum absolute atomic E-state index is 5.96. The van der Waals surface area contributed by atoms with Gasteiger partial charge in [0, 0.05) is 26.2 Å². The molecule has 0 spiro atoms. The lowest BCUT2D eigenvalue weighted by Gasteiger charge is -2.30. The predicted octanol–water partition coefficient (Wildman–Crippen LogP) is 4.89. The molecule has 0 radical (unpaired) electrons. The Balaban J connectivity index is 1.29. The van der Waals surface area contributed by atoms with Crippen LogP contribution in [0.1, 0.15) is 49.7 Å². The molecule has 0 unspecified atom stereocenters. The van der Waals surface area contributed by atoms with Crippen molar-refractivity contribution >= 4 is 24.1 Å². The summed E-state index contributed by atoms with van der Waals surface area (Å²) >= 11 is 0. The monoisotopic (exact) mass is 501 g/mol. The van der Waals surface area contributed by atoms with Gasteiger partial charge in [0.25, 0.3) is 0 Å². The molecule has 0 aliphatic carbocycles. The van der Waals surface area contributed by atoms with Gasteiger partial charge in [-0.3, -0.25) is 0 Å². The molecule has 3 aromatic rings. The summed E-state index contributed by atoms with van der Waals surface area (Å²) in [7, 11) is 1.64. The molecule has 0 amide bonds. The van der Waals surface area contributed by atoms with Crippen LogP contribution < -0.4 is 24.7 Å². The zero-order valence-electron chi connectivity index (χ0n) is 21.5. The van der Waals surface area contributed by atoms with E-state index < -0.39 is 0 Å². The number of nitrogens with zero attached hydrogens (tertiary/aromatic N) is 6. The fraction of sp³-hybridized carbons (Fsp3) is 0.429. The number of methoxy groups -OCH3 is 1. The molecule has 9 heteroatoms. The Morgan fingerprint density at radius 1 is 0.811 bits per heavy atom. The zero-order chi connectivity index (χ0) is 25.3. The van der Waals surface area contributed by atoms with E-state index in [1.165, 1.54) is 38.5 Å². The van der Waals surface area contributed by atoms with Gasteiger partial charge >= 0.3 is 0 Å². The first-order valence-corrected chi connectivity index (χ1v) is 13.2. The standard InChI is InChI=1S/C28H35N7O2/c1-36-25-19-23(13-14-24(25)37-21-22-11-5-2-6-12-22)20-29-33-26-30-27(34-15-7-3-8-16-34)32-28(31-26)35-17-9-4-10-18-35/h2,5-6,11-14,19-20H,3-4,7-10,15-18,21H2,1H3,(H,30,31,32,33)/b29-20+. The number of anilines is 3. The number of piperidine rings is 2. The molecule has 3 heterocycles. The number of hydrogen-bond donors (Lipinski definition) is 1. The molecular weight excluding hydrogens is 466 g/mol. The lowest BCUT2D eigenvalue weighted by atomic mass is 10.1. The number of rotatable bonds is 9. The van der Waals surface area contributed by atoms with Gasteiger partial charge in [-0.2, -0.15) is 20.1 Å². The third kappa shape index (κ3) is 6.67. The number of hydrogen-bond acceptors (Lipinski definition) is 9. The second-order valence-corrected chi connectivity index (χ2v) is 9.41. The van der Waals surface area contributed by atoms with Crippen LogP contribution in [0.25, 0.3) is 0 Å². The highest BCUT2D eigenvalue weighted by molar-refractivity contribution is 5.81. The van der Waals surface area contributed by atoms with E-state index >= 15 is 0 Å². The van der Waals surface area contributed by atoms with Gasteiger partial charge < -0.3 is 19.3 Å². The molecule has 2 aliphatic rings. The van der Waals surface area contributed by atoms with E-state index in [1.54, 1.807) is 13.3 Å². The lowest BCUT2D eigenvalue weighted by molar-refractivity contribution is 0.284. The largest absolute Gasteiger partial charge is 0.493 e. The predicted molar refractivity (Wildman–Crippen MR) is 147 cm³/mol. The maximum Gasteiger partial charge on any atom is 0.250 e. The van der Waals surface area contributed by atoms with Crippen LogP contribution in [0.3, 0.4) is 0 Å². The summed E-state index contributed by atoms with van der Waals surface area (Å²) in [4.78, 5) is 18.7. The van der Waals surface area contributed by atoms with E-state index in [9.17, 15) is 0 Å². The number of hydrazone groups is 1. The fourth-order valence-electron chi connectivity index (χ4n) is 4.66. The number of benzene rings is 2. The fourth-order valence-corrected chi connectivity index (χ4v) is 4.66. The van der Waals surface area contributed by atoms with Gasteiger partial charge in [0.05, 0.1) is 13.3 Å². The van der Waals surface area contributed by atoms with E-state index in [0.717, 1.165) is 49.2 Å². The van der Waals surface area contributed by atoms with Crippen molar-refractivity contribution in [2.75, 3.05) is 48.5 Å². The highest BCUT2D eigenvalue weighted by Crippen LogP contribution is 2.28.